The van der Waals surface area contributed by atoms with Crippen LogP contribution >= 0.6 is 0 Å². The van der Waals surface area contributed by atoms with E-state index in [-0.39, 0.29) is 18.1 Å². The average Bonchev–Trinajstić information content (AvgIpc) is 3.10. The van der Waals surface area contributed by atoms with Gasteiger partial charge < -0.3 is 30.3 Å². The van der Waals surface area contributed by atoms with Crippen LogP contribution in [0.15, 0.2) is 42.5 Å². The number of aromatic nitrogens is 2. The molecule has 0 spiro atoms. The molecule has 2 aliphatic rings. The Labute approximate surface area is 205 Å². The smallest absolute Gasteiger partial charge is 0.319 e. The van der Waals surface area contributed by atoms with Crippen LogP contribution in [-0.2, 0) is 0 Å². The highest BCUT2D eigenvalue weighted by molar-refractivity contribution is 5.90. The predicted octanol–water partition coefficient (Wildman–Crippen LogP) is 4.40. The molecular weight excluding hydrogens is 444 g/mol. The third-order valence-electron chi connectivity index (χ3n) is 6.41. The molecule has 35 heavy (non-hydrogen) atoms. The number of amides is 2. The highest BCUT2D eigenvalue weighted by atomic mass is 16.5. The van der Waals surface area contributed by atoms with Crippen molar-refractivity contribution in [2.45, 2.75) is 44.2 Å². The topological polar surface area (TPSA) is 101 Å². The number of ether oxygens (including phenoxy) is 2. The Morgan fingerprint density at radius 3 is 2.49 bits per heavy atom. The molecule has 0 atom stereocenters. The van der Waals surface area contributed by atoms with E-state index in [1.165, 1.54) is 0 Å². The van der Waals surface area contributed by atoms with Crippen LogP contribution in [0.25, 0.3) is 10.9 Å². The summed E-state index contributed by atoms with van der Waals surface area (Å²) in [4.78, 5) is 24.1. The van der Waals surface area contributed by atoms with Crippen molar-refractivity contribution in [2.75, 3.05) is 42.8 Å². The Bertz CT molecular complexity index is 1190. The maximum Gasteiger partial charge on any atom is 0.319 e. The minimum absolute atomic E-state index is 0.128. The number of nitrogens with one attached hydrogen (secondary N) is 3. The number of rotatable bonds is 5. The van der Waals surface area contributed by atoms with E-state index in [1.807, 2.05) is 61.5 Å². The third-order valence-corrected chi connectivity index (χ3v) is 6.41. The van der Waals surface area contributed by atoms with E-state index >= 15 is 0 Å². The van der Waals surface area contributed by atoms with Gasteiger partial charge >= 0.3 is 6.03 Å². The van der Waals surface area contributed by atoms with Gasteiger partial charge in [0.05, 0.1) is 18.7 Å². The van der Waals surface area contributed by atoms with Crippen molar-refractivity contribution < 1.29 is 14.3 Å². The Morgan fingerprint density at radius 2 is 1.69 bits per heavy atom. The Balaban J connectivity index is 1.14. The lowest BCUT2D eigenvalue weighted by molar-refractivity contribution is 0.243. The van der Waals surface area contributed by atoms with Crippen LogP contribution in [0.5, 0.6) is 11.5 Å². The minimum Gasteiger partial charge on any atom is -0.490 e. The summed E-state index contributed by atoms with van der Waals surface area (Å²) in [5.74, 6) is 2.93. The molecule has 1 fully saturated rings. The normalized spacial score (nSPS) is 19.5. The largest absolute Gasteiger partial charge is 0.490 e. The molecule has 1 aliphatic heterocycles. The monoisotopic (exact) mass is 476 g/mol. The van der Waals surface area contributed by atoms with Gasteiger partial charge in [-0.05, 0) is 49.9 Å². The van der Waals surface area contributed by atoms with Crippen LogP contribution < -0.4 is 30.3 Å². The number of fused-ring (bicyclic) bond motifs is 2. The van der Waals surface area contributed by atoms with Gasteiger partial charge in [0.15, 0.2) is 11.5 Å². The molecule has 2 aromatic carbocycles. The molecule has 1 aliphatic carbocycles. The summed E-state index contributed by atoms with van der Waals surface area (Å²) >= 11 is 0. The van der Waals surface area contributed by atoms with Gasteiger partial charge in [0, 0.05) is 49.7 Å². The summed E-state index contributed by atoms with van der Waals surface area (Å²) in [5.41, 5.74) is 1.61. The quantitative estimate of drug-likeness (QED) is 0.502. The first kappa shape index (κ1) is 23.0. The molecule has 3 aromatic rings. The average molecular weight is 477 g/mol. The number of anilines is 3. The summed E-state index contributed by atoms with van der Waals surface area (Å²) in [7, 11) is 3.99. The van der Waals surface area contributed by atoms with Gasteiger partial charge in [-0.1, -0.05) is 12.1 Å². The first-order valence-electron chi connectivity index (χ1n) is 12.2. The van der Waals surface area contributed by atoms with Gasteiger partial charge in [0.25, 0.3) is 0 Å². The van der Waals surface area contributed by atoms with Gasteiger partial charge in [0.1, 0.15) is 5.82 Å². The highest BCUT2D eigenvalue weighted by Crippen LogP contribution is 2.32. The number of carbonyl (C=O) groups excluding carboxylic acids is 1. The van der Waals surface area contributed by atoms with E-state index < -0.39 is 0 Å². The lowest BCUT2D eigenvalue weighted by atomic mass is 9.91. The van der Waals surface area contributed by atoms with E-state index in [0.717, 1.165) is 48.8 Å². The number of nitrogens with zero attached hydrogens (tertiary/aromatic N) is 3. The molecule has 9 heteroatoms. The van der Waals surface area contributed by atoms with Crippen LogP contribution in [-0.4, -0.2) is 55.4 Å². The number of para-hydroxylation sites is 1. The fourth-order valence-electron chi connectivity index (χ4n) is 4.62. The molecule has 3 N–H and O–H groups in total. The SMILES string of the molecule is CN(C)c1nc(NC2CCC(NC(=O)Nc3ccc4c(c3)OCCCO4)CC2)nc2ccccc12. The molecule has 0 saturated heterocycles. The second-order valence-corrected chi connectivity index (χ2v) is 9.29. The second kappa shape index (κ2) is 10.2. The number of benzene rings is 2. The van der Waals surface area contributed by atoms with Gasteiger partial charge in [-0.15, -0.1) is 0 Å². The zero-order valence-electron chi connectivity index (χ0n) is 20.2. The Morgan fingerprint density at radius 1 is 0.943 bits per heavy atom. The standard InChI is InChI=1S/C26H32N6O3/c1-32(2)24-20-6-3-4-7-21(20)30-25(31-24)27-17-8-10-18(11-9-17)28-26(33)29-19-12-13-22-23(16-19)35-15-5-14-34-22/h3-4,6-7,12-13,16-18H,5,8-11,14-15H2,1-2H3,(H,27,30,31)(H2,28,29,33). The molecule has 1 saturated carbocycles. The third kappa shape index (κ3) is 5.50. The van der Waals surface area contributed by atoms with E-state index in [1.54, 1.807) is 0 Å². The molecule has 5 rings (SSSR count). The first-order valence-corrected chi connectivity index (χ1v) is 12.2. The predicted molar refractivity (Wildman–Crippen MR) is 138 cm³/mol. The first-order chi connectivity index (χ1) is 17.0. The number of hydrogen-bond acceptors (Lipinski definition) is 7. The van der Waals surface area contributed by atoms with Crippen LogP contribution in [0, 0.1) is 0 Å². The van der Waals surface area contributed by atoms with E-state index in [4.69, 9.17) is 19.4 Å². The van der Waals surface area contributed by atoms with Crippen molar-refractivity contribution in [1.82, 2.24) is 15.3 Å². The van der Waals surface area contributed by atoms with Crippen LogP contribution in [0.4, 0.5) is 22.2 Å². The zero-order valence-corrected chi connectivity index (χ0v) is 20.2. The maximum absolute atomic E-state index is 12.6. The molecule has 184 valence electrons. The fraction of sp³-hybridized carbons (Fsp3) is 0.423. The molecule has 0 unspecified atom stereocenters. The number of urea groups is 1. The summed E-state index contributed by atoms with van der Waals surface area (Å²) in [6, 6.07) is 13.7. The molecule has 2 heterocycles. The van der Waals surface area contributed by atoms with Gasteiger partial charge in [-0.2, -0.15) is 4.98 Å². The number of hydrogen-bond donors (Lipinski definition) is 3. The lowest BCUT2D eigenvalue weighted by Crippen LogP contribution is -2.42. The maximum atomic E-state index is 12.6. The van der Waals surface area contributed by atoms with Crippen LogP contribution in [0.3, 0.4) is 0 Å². The Hall–Kier alpha value is -3.75. The molecule has 0 radical (unpaired) electrons. The van der Waals surface area contributed by atoms with Crippen LogP contribution in [0.1, 0.15) is 32.1 Å². The molecule has 9 nitrogen and oxygen atoms in total. The summed E-state index contributed by atoms with van der Waals surface area (Å²) in [6.45, 7) is 1.25. The zero-order chi connectivity index (χ0) is 24.2. The summed E-state index contributed by atoms with van der Waals surface area (Å²) in [5, 5.41) is 10.6. The van der Waals surface area contributed by atoms with Crippen molar-refractivity contribution >= 4 is 34.4 Å². The summed E-state index contributed by atoms with van der Waals surface area (Å²) in [6.07, 6.45) is 4.49. The van der Waals surface area contributed by atoms with E-state index in [2.05, 4.69) is 16.0 Å². The van der Waals surface area contributed by atoms with Gasteiger partial charge in [-0.25, -0.2) is 9.78 Å². The molecular formula is C26H32N6O3. The van der Waals surface area contributed by atoms with Crippen molar-refractivity contribution in [3.8, 4) is 11.5 Å². The molecule has 2 amide bonds. The van der Waals surface area contributed by atoms with Crippen molar-refractivity contribution in [3.63, 3.8) is 0 Å². The minimum atomic E-state index is -0.204. The Kier molecular flexibility index (Phi) is 6.74. The van der Waals surface area contributed by atoms with E-state index in [9.17, 15) is 4.79 Å². The van der Waals surface area contributed by atoms with Crippen molar-refractivity contribution in [3.05, 3.63) is 42.5 Å². The highest BCUT2D eigenvalue weighted by Gasteiger charge is 2.24. The lowest BCUT2D eigenvalue weighted by Gasteiger charge is -2.30. The molecule has 0 bridgehead atoms. The molecule has 1 aromatic heterocycles. The van der Waals surface area contributed by atoms with Crippen molar-refractivity contribution in [1.29, 1.82) is 0 Å². The fourth-order valence-corrected chi connectivity index (χ4v) is 4.62. The number of carbonyl (C=O) groups is 1. The second-order valence-electron chi connectivity index (χ2n) is 9.29. The van der Waals surface area contributed by atoms with Gasteiger partial charge in [0.2, 0.25) is 5.95 Å². The van der Waals surface area contributed by atoms with Crippen molar-refractivity contribution in [2.24, 2.45) is 0 Å². The van der Waals surface area contributed by atoms with Crippen LogP contribution in [0.2, 0.25) is 0 Å². The van der Waals surface area contributed by atoms with Gasteiger partial charge in [-0.3, -0.25) is 0 Å². The van der Waals surface area contributed by atoms with E-state index in [0.29, 0.717) is 36.3 Å². The summed E-state index contributed by atoms with van der Waals surface area (Å²) < 4.78 is 11.4.